The maximum Gasteiger partial charge on any atom is 0.499 e. The van der Waals surface area contributed by atoms with Crippen LogP contribution in [-0.4, -0.2) is 38.6 Å². The summed E-state index contributed by atoms with van der Waals surface area (Å²) in [5.41, 5.74) is 1.77. The molecule has 15 heavy (non-hydrogen) atoms. The fourth-order valence-corrected chi connectivity index (χ4v) is 1.64. The first kappa shape index (κ1) is 10.7. The molecule has 0 bridgehead atoms. The van der Waals surface area contributed by atoms with E-state index >= 15 is 0 Å². The molecule has 1 aromatic rings. The summed E-state index contributed by atoms with van der Waals surface area (Å²) in [6, 6.07) is 0. The van der Waals surface area contributed by atoms with E-state index in [-0.39, 0.29) is 7.12 Å². The molecule has 1 aliphatic rings. The first-order valence-electron chi connectivity index (χ1n) is 5.15. The molecule has 0 amide bonds. The molecule has 82 valence electrons. The normalized spacial score (nSPS) is 18.7. The van der Waals surface area contributed by atoms with E-state index in [0.29, 0.717) is 13.2 Å². The lowest BCUT2D eigenvalue weighted by Crippen LogP contribution is -2.44. The number of rotatable bonds is 1. The predicted octanol–water partition coefficient (Wildman–Crippen LogP) is -0.377. The summed E-state index contributed by atoms with van der Waals surface area (Å²) in [6.45, 7) is 6.74. The summed E-state index contributed by atoms with van der Waals surface area (Å²) in [6.07, 6.45) is 0. The van der Waals surface area contributed by atoms with Gasteiger partial charge in [0.1, 0.15) is 5.76 Å². The summed E-state index contributed by atoms with van der Waals surface area (Å²) < 4.78 is 16.3. The summed E-state index contributed by atoms with van der Waals surface area (Å²) in [5.74, 6) is 0.769. The Morgan fingerprint density at radius 1 is 1.20 bits per heavy atom. The number of hydrogen-bond acceptors (Lipinski definition) is 5. The van der Waals surface area contributed by atoms with Gasteiger partial charge in [0, 0.05) is 31.8 Å². The van der Waals surface area contributed by atoms with E-state index < -0.39 is 0 Å². The summed E-state index contributed by atoms with van der Waals surface area (Å²) in [5, 5.41) is 7.09. The topological polar surface area (TPSA) is 56.5 Å². The Hall–Kier alpha value is -0.845. The van der Waals surface area contributed by atoms with Gasteiger partial charge in [0.05, 0.1) is 5.69 Å². The molecule has 2 rings (SSSR count). The average molecular weight is 210 g/mol. The highest BCUT2D eigenvalue weighted by atomic mass is 16.6. The molecule has 5 nitrogen and oxygen atoms in total. The van der Waals surface area contributed by atoms with Crippen molar-refractivity contribution in [3.8, 4) is 0 Å². The molecule has 1 fully saturated rings. The van der Waals surface area contributed by atoms with E-state index in [9.17, 15) is 0 Å². The number of aromatic nitrogens is 1. The molecule has 1 aromatic heterocycles. The highest BCUT2D eigenvalue weighted by Gasteiger charge is 2.29. The quantitative estimate of drug-likeness (QED) is 0.640. The zero-order valence-electron chi connectivity index (χ0n) is 9.08. The van der Waals surface area contributed by atoms with Gasteiger partial charge in [-0.2, -0.15) is 0 Å². The molecule has 0 atom stereocenters. The minimum absolute atomic E-state index is 0.335. The fourth-order valence-electron chi connectivity index (χ4n) is 1.64. The van der Waals surface area contributed by atoms with E-state index in [1.54, 1.807) is 0 Å². The summed E-state index contributed by atoms with van der Waals surface area (Å²) >= 11 is 0. The van der Waals surface area contributed by atoms with Crippen molar-refractivity contribution < 1.29 is 13.8 Å². The highest BCUT2D eigenvalue weighted by molar-refractivity contribution is 6.62. The predicted molar refractivity (Wildman–Crippen MR) is 56.1 cm³/mol. The van der Waals surface area contributed by atoms with Crippen molar-refractivity contribution >= 4 is 12.6 Å². The highest BCUT2D eigenvalue weighted by Crippen LogP contribution is 2.03. The van der Waals surface area contributed by atoms with Crippen LogP contribution < -0.4 is 10.8 Å². The Morgan fingerprint density at radius 2 is 1.87 bits per heavy atom. The number of nitrogens with zero attached hydrogens (tertiary/aromatic N) is 1. The molecule has 1 aliphatic heterocycles. The zero-order chi connectivity index (χ0) is 10.7. The summed E-state index contributed by atoms with van der Waals surface area (Å²) in [4.78, 5) is 0. The molecule has 1 saturated heterocycles. The van der Waals surface area contributed by atoms with E-state index in [1.165, 1.54) is 0 Å². The van der Waals surface area contributed by atoms with Gasteiger partial charge in [-0.3, -0.25) is 0 Å². The molecule has 6 heteroatoms. The maximum absolute atomic E-state index is 5.60. The lowest BCUT2D eigenvalue weighted by Gasteiger charge is -2.18. The van der Waals surface area contributed by atoms with Crippen LogP contribution in [0.1, 0.15) is 11.5 Å². The Bertz CT molecular complexity index is 302. The third kappa shape index (κ3) is 2.39. The maximum atomic E-state index is 5.60. The van der Waals surface area contributed by atoms with Crippen LogP contribution >= 0.6 is 0 Å². The number of aryl methyl sites for hydroxylation is 2. The molecule has 0 aliphatic carbocycles. The van der Waals surface area contributed by atoms with Gasteiger partial charge >= 0.3 is 7.12 Å². The average Bonchev–Trinajstić information content (AvgIpc) is 2.48. The van der Waals surface area contributed by atoms with Crippen LogP contribution in [0, 0.1) is 13.8 Å². The lowest BCUT2D eigenvalue weighted by molar-refractivity contribution is 0.187. The smallest absolute Gasteiger partial charge is 0.406 e. The second kappa shape index (κ2) is 4.78. The minimum Gasteiger partial charge on any atom is -0.406 e. The molecule has 0 spiro atoms. The van der Waals surface area contributed by atoms with Crippen molar-refractivity contribution in [2.24, 2.45) is 0 Å². The van der Waals surface area contributed by atoms with Gasteiger partial charge in [0.15, 0.2) is 0 Å². The molecule has 1 N–H and O–H groups in total. The SMILES string of the molecule is Cc1noc(C)c1B1OCCNCCO1. The molecular weight excluding hydrogens is 195 g/mol. The molecular formula is C9H15BN2O3. The van der Waals surface area contributed by atoms with Crippen molar-refractivity contribution in [2.45, 2.75) is 13.8 Å². The van der Waals surface area contributed by atoms with Crippen LogP contribution in [0.25, 0.3) is 0 Å². The van der Waals surface area contributed by atoms with Crippen molar-refractivity contribution in [3.63, 3.8) is 0 Å². The fraction of sp³-hybridized carbons (Fsp3) is 0.667. The van der Waals surface area contributed by atoms with Gasteiger partial charge in [0.25, 0.3) is 0 Å². The van der Waals surface area contributed by atoms with Gasteiger partial charge in [-0.05, 0) is 13.8 Å². The third-order valence-electron chi connectivity index (χ3n) is 2.42. The first-order chi connectivity index (χ1) is 7.29. The molecule has 0 aromatic carbocycles. The first-order valence-corrected chi connectivity index (χ1v) is 5.15. The van der Waals surface area contributed by atoms with Crippen LogP contribution in [0.5, 0.6) is 0 Å². The monoisotopic (exact) mass is 210 g/mol. The van der Waals surface area contributed by atoms with Crippen LogP contribution in [0.3, 0.4) is 0 Å². The van der Waals surface area contributed by atoms with Crippen molar-refractivity contribution in [2.75, 3.05) is 26.3 Å². The molecule has 2 heterocycles. The van der Waals surface area contributed by atoms with Crippen LogP contribution in [0.15, 0.2) is 4.52 Å². The number of nitrogens with one attached hydrogen (secondary N) is 1. The molecule has 0 unspecified atom stereocenters. The Morgan fingerprint density at radius 3 is 2.40 bits per heavy atom. The van der Waals surface area contributed by atoms with E-state index in [2.05, 4.69) is 10.5 Å². The van der Waals surface area contributed by atoms with Crippen LogP contribution in [0.2, 0.25) is 0 Å². The number of hydrogen-bond donors (Lipinski definition) is 1. The van der Waals surface area contributed by atoms with E-state index in [4.69, 9.17) is 13.8 Å². The van der Waals surface area contributed by atoms with Crippen molar-refractivity contribution in [3.05, 3.63) is 11.5 Å². The van der Waals surface area contributed by atoms with Crippen LogP contribution in [-0.2, 0) is 9.31 Å². The van der Waals surface area contributed by atoms with Crippen LogP contribution in [0.4, 0.5) is 0 Å². The standard InChI is InChI=1S/C9H15BN2O3/c1-7-9(8(2)15-12-7)10-13-5-3-11-4-6-14-10/h11H,3-6H2,1-2H3. The third-order valence-corrected chi connectivity index (χ3v) is 2.42. The Labute approximate surface area is 89.3 Å². The Balaban J connectivity index is 2.13. The molecule has 0 saturated carbocycles. The van der Waals surface area contributed by atoms with E-state index in [1.807, 2.05) is 13.8 Å². The van der Waals surface area contributed by atoms with Gasteiger partial charge in [-0.15, -0.1) is 0 Å². The largest absolute Gasteiger partial charge is 0.499 e. The lowest BCUT2D eigenvalue weighted by atomic mass is 9.77. The minimum atomic E-state index is -0.335. The van der Waals surface area contributed by atoms with Crippen molar-refractivity contribution in [1.82, 2.24) is 10.5 Å². The van der Waals surface area contributed by atoms with Gasteiger partial charge < -0.3 is 19.1 Å². The van der Waals surface area contributed by atoms with Gasteiger partial charge in [-0.25, -0.2) is 0 Å². The van der Waals surface area contributed by atoms with Crippen molar-refractivity contribution in [1.29, 1.82) is 0 Å². The van der Waals surface area contributed by atoms with E-state index in [0.717, 1.165) is 30.0 Å². The summed E-state index contributed by atoms with van der Waals surface area (Å²) in [7, 11) is -0.335. The Kier molecular flexibility index (Phi) is 3.40. The second-order valence-electron chi connectivity index (χ2n) is 3.56. The zero-order valence-corrected chi connectivity index (χ0v) is 9.08. The van der Waals surface area contributed by atoms with Gasteiger partial charge in [0.2, 0.25) is 0 Å². The second-order valence-corrected chi connectivity index (χ2v) is 3.56. The van der Waals surface area contributed by atoms with Gasteiger partial charge in [-0.1, -0.05) is 5.16 Å². The molecule has 0 radical (unpaired) electrons.